The van der Waals surface area contributed by atoms with Crippen molar-refractivity contribution < 1.29 is 9.53 Å². The Kier molecular flexibility index (Phi) is 4.74. The van der Waals surface area contributed by atoms with E-state index in [-0.39, 0.29) is 17.4 Å². The first-order valence-electron chi connectivity index (χ1n) is 5.96. The number of esters is 1. The summed E-state index contributed by atoms with van der Waals surface area (Å²) in [5.74, 6) is -0.100. The highest BCUT2D eigenvalue weighted by Gasteiger charge is 2.31. The molecule has 1 aliphatic heterocycles. The summed E-state index contributed by atoms with van der Waals surface area (Å²) in [6, 6.07) is -0.0906. The van der Waals surface area contributed by atoms with Gasteiger partial charge in [-0.1, -0.05) is 20.8 Å². The number of piperazine rings is 1. The van der Waals surface area contributed by atoms with Crippen LogP contribution in [-0.2, 0) is 9.53 Å². The van der Waals surface area contributed by atoms with Gasteiger partial charge < -0.3 is 10.1 Å². The molecule has 0 radical (unpaired) electrons. The molecule has 1 saturated heterocycles. The lowest BCUT2D eigenvalue weighted by Crippen LogP contribution is -2.52. The molecule has 0 aromatic rings. The standard InChI is InChI=1S/C12H24N2O2/c1-12(2,3)9-10(11(15)16-4)14-7-5-13-6-8-14/h10,13H,5-9H2,1-4H3. The van der Waals surface area contributed by atoms with Crippen LogP contribution >= 0.6 is 0 Å². The number of nitrogens with zero attached hydrogens (tertiary/aromatic N) is 1. The molecule has 16 heavy (non-hydrogen) atoms. The molecule has 1 heterocycles. The quantitative estimate of drug-likeness (QED) is 0.728. The van der Waals surface area contributed by atoms with E-state index in [9.17, 15) is 4.79 Å². The van der Waals surface area contributed by atoms with Crippen LogP contribution in [0.1, 0.15) is 27.2 Å². The number of nitrogens with one attached hydrogen (secondary N) is 1. The Morgan fingerprint density at radius 3 is 2.38 bits per heavy atom. The molecular formula is C12H24N2O2. The molecule has 0 aromatic carbocycles. The van der Waals surface area contributed by atoms with Crippen LogP contribution in [0.5, 0.6) is 0 Å². The summed E-state index contributed by atoms with van der Waals surface area (Å²) in [5.41, 5.74) is 0.143. The fraction of sp³-hybridized carbons (Fsp3) is 0.917. The highest BCUT2D eigenvalue weighted by Crippen LogP contribution is 2.24. The molecule has 0 bridgehead atoms. The molecule has 1 N–H and O–H groups in total. The van der Waals surface area contributed by atoms with Crippen LogP contribution in [0.25, 0.3) is 0 Å². The maximum atomic E-state index is 11.8. The van der Waals surface area contributed by atoms with Crippen LogP contribution in [0.3, 0.4) is 0 Å². The Hall–Kier alpha value is -0.610. The molecule has 1 rings (SSSR count). The average Bonchev–Trinajstić information content (AvgIpc) is 2.25. The van der Waals surface area contributed by atoms with Gasteiger partial charge in [0.1, 0.15) is 6.04 Å². The fourth-order valence-corrected chi connectivity index (χ4v) is 2.07. The van der Waals surface area contributed by atoms with Gasteiger partial charge in [0.15, 0.2) is 0 Å². The van der Waals surface area contributed by atoms with Gasteiger partial charge >= 0.3 is 5.97 Å². The van der Waals surface area contributed by atoms with Crippen molar-refractivity contribution >= 4 is 5.97 Å². The maximum absolute atomic E-state index is 11.8. The fourth-order valence-electron chi connectivity index (χ4n) is 2.07. The van der Waals surface area contributed by atoms with E-state index in [0.717, 1.165) is 32.6 Å². The zero-order chi connectivity index (χ0) is 12.2. The lowest BCUT2D eigenvalue weighted by molar-refractivity contribution is -0.148. The van der Waals surface area contributed by atoms with Crippen LogP contribution in [0.2, 0.25) is 0 Å². The largest absolute Gasteiger partial charge is 0.468 e. The van der Waals surface area contributed by atoms with E-state index in [1.807, 2.05) is 0 Å². The van der Waals surface area contributed by atoms with E-state index in [0.29, 0.717) is 0 Å². The van der Waals surface area contributed by atoms with Gasteiger partial charge in [0.2, 0.25) is 0 Å². The van der Waals surface area contributed by atoms with E-state index in [1.165, 1.54) is 7.11 Å². The summed E-state index contributed by atoms with van der Waals surface area (Å²) in [5, 5.41) is 3.30. The normalized spacial score (nSPS) is 20.5. The van der Waals surface area contributed by atoms with Crippen molar-refractivity contribution in [3.8, 4) is 0 Å². The zero-order valence-corrected chi connectivity index (χ0v) is 10.9. The first-order chi connectivity index (χ1) is 7.44. The molecule has 1 fully saturated rings. The van der Waals surface area contributed by atoms with Crippen molar-refractivity contribution in [2.24, 2.45) is 5.41 Å². The molecule has 0 aromatic heterocycles. The van der Waals surface area contributed by atoms with Crippen LogP contribution in [0.15, 0.2) is 0 Å². The second kappa shape index (κ2) is 5.64. The van der Waals surface area contributed by atoms with Crippen molar-refractivity contribution in [3.63, 3.8) is 0 Å². The number of ether oxygens (including phenoxy) is 1. The lowest BCUT2D eigenvalue weighted by Gasteiger charge is -2.36. The van der Waals surface area contributed by atoms with Crippen LogP contribution < -0.4 is 5.32 Å². The predicted octanol–water partition coefficient (Wildman–Crippen LogP) is 0.869. The SMILES string of the molecule is COC(=O)C(CC(C)(C)C)N1CCNCC1. The first-order valence-corrected chi connectivity index (χ1v) is 5.96. The minimum absolute atomic E-state index is 0.0906. The second-order valence-corrected chi connectivity index (χ2v) is 5.59. The Morgan fingerprint density at radius 2 is 1.94 bits per heavy atom. The minimum atomic E-state index is -0.100. The number of hydrogen-bond acceptors (Lipinski definition) is 4. The lowest BCUT2D eigenvalue weighted by atomic mass is 9.87. The second-order valence-electron chi connectivity index (χ2n) is 5.59. The highest BCUT2D eigenvalue weighted by molar-refractivity contribution is 5.75. The van der Waals surface area contributed by atoms with Gasteiger partial charge in [-0.25, -0.2) is 0 Å². The number of carbonyl (C=O) groups is 1. The van der Waals surface area contributed by atoms with E-state index >= 15 is 0 Å². The summed E-state index contributed by atoms with van der Waals surface area (Å²) < 4.78 is 4.91. The van der Waals surface area contributed by atoms with Gasteiger partial charge in [0.25, 0.3) is 0 Å². The van der Waals surface area contributed by atoms with E-state index in [4.69, 9.17) is 4.74 Å². The topological polar surface area (TPSA) is 41.6 Å². The first kappa shape index (κ1) is 13.5. The third-order valence-corrected chi connectivity index (χ3v) is 2.87. The van der Waals surface area contributed by atoms with Gasteiger partial charge in [0, 0.05) is 26.2 Å². The van der Waals surface area contributed by atoms with Crippen molar-refractivity contribution in [1.29, 1.82) is 0 Å². The highest BCUT2D eigenvalue weighted by atomic mass is 16.5. The number of hydrogen-bond donors (Lipinski definition) is 1. The summed E-state index contributed by atoms with van der Waals surface area (Å²) in [6.07, 6.45) is 0.847. The Morgan fingerprint density at radius 1 is 1.38 bits per heavy atom. The predicted molar refractivity (Wildman–Crippen MR) is 64.3 cm³/mol. The molecule has 1 atom stereocenters. The van der Waals surface area contributed by atoms with Gasteiger partial charge in [-0.05, 0) is 11.8 Å². The van der Waals surface area contributed by atoms with Crippen LogP contribution in [-0.4, -0.2) is 50.2 Å². The molecule has 0 saturated carbocycles. The smallest absolute Gasteiger partial charge is 0.323 e. The third-order valence-electron chi connectivity index (χ3n) is 2.87. The summed E-state index contributed by atoms with van der Waals surface area (Å²) in [6.45, 7) is 10.2. The van der Waals surface area contributed by atoms with Crippen molar-refractivity contribution in [2.45, 2.75) is 33.2 Å². The van der Waals surface area contributed by atoms with Crippen LogP contribution in [0.4, 0.5) is 0 Å². The average molecular weight is 228 g/mol. The van der Waals surface area contributed by atoms with Gasteiger partial charge in [-0.2, -0.15) is 0 Å². The van der Waals surface area contributed by atoms with Gasteiger partial charge in [0.05, 0.1) is 7.11 Å². The van der Waals surface area contributed by atoms with E-state index < -0.39 is 0 Å². The van der Waals surface area contributed by atoms with Crippen LogP contribution in [0, 0.1) is 5.41 Å². The third kappa shape index (κ3) is 4.10. The molecular weight excluding hydrogens is 204 g/mol. The Labute approximate surface area is 98.3 Å². The van der Waals surface area contributed by atoms with Gasteiger partial charge in [-0.3, -0.25) is 9.69 Å². The van der Waals surface area contributed by atoms with E-state index in [2.05, 4.69) is 31.0 Å². The summed E-state index contributed by atoms with van der Waals surface area (Å²) >= 11 is 0. The molecule has 94 valence electrons. The molecule has 1 aliphatic rings. The molecule has 4 heteroatoms. The number of rotatable bonds is 3. The monoisotopic (exact) mass is 228 g/mol. The van der Waals surface area contributed by atoms with E-state index in [1.54, 1.807) is 0 Å². The summed E-state index contributed by atoms with van der Waals surface area (Å²) in [4.78, 5) is 14.0. The Bertz CT molecular complexity index is 230. The van der Waals surface area contributed by atoms with Crippen molar-refractivity contribution in [2.75, 3.05) is 33.3 Å². The zero-order valence-electron chi connectivity index (χ0n) is 10.9. The van der Waals surface area contributed by atoms with Crippen molar-refractivity contribution in [1.82, 2.24) is 10.2 Å². The molecule has 1 unspecified atom stereocenters. The number of carbonyl (C=O) groups excluding carboxylic acids is 1. The molecule has 0 amide bonds. The maximum Gasteiger partial charge on any atom is 0.323 e. The summed E-state index contributed by atoms with van der Waals surface area (Å²) in [7, 11) is 1.47. The van der Waals surface area contributed by atoms with Gasteiger partial charge in [-0.15, -0.1) is 0 Å². The minimum Gasteiger partial charge on any atom is -0.468 e. The molecule has 4 nitrogen and oxygen atoms in total. The molecule has 0 aliphatic carbocycles. The Balaban J connectivity index is 2.65. The number of methoxy groups -OCH3 is 1. The van der Waals surface area contributed by atoms with Crippen molar-refractivity contribution in [3.05, 3.63) is 0 Å². The molecule has 0 spiro atoms.